The average molecular weight is 368 g/mol. The number of carbonyl (C=O) groups is 2. The summed E-state index contributed by atoms with van der Waals surface area (Å²) in [4.78, 5) is 40.6. The summed E-state index contributed by atoms with van der Waals surface area (Å²) in [6.45, 7) is 3.34. The van der Waals surface area contributed by atoms with Crippen molar-refractivity contribution in [2.75, 3.05) is 36.0 Å². The molecule has 1 N–H and O–H groups in total. The van der Waals surface area contributed by atoms with Gasteiger partial charge < -0.3 is 9.80 Å². The zero-order valence-corrected chi connectivity index (χ0v) is 14.6. The van der Waals surface area contributed by atoms with E-state index in [0.717, 1.165) is 43.6 Å². The number of amides is 2. The minimum Gasteiger partial charge on any atom is -0.368 e. The summed E-state index contributed by atoms with van der Waals surface area (Å²) in [5, 5.41) is 1.88. The van der Waals surface area contributed by atoms with Gasteiger partial charge in [-0.3, -0.25) is 19.9 Å². The Kier molecular flexibility index (Phi) is 4.53. The fraction of sp³-hybridized carbons (Fsp3) is 0.235. The molecule has 0 bridgehead atoms. The predicted octanol–water partition coefficient (Wildman–Crippen LogP) is 1.52. The number of carbonyl (C=O) groups excluding carboxylic acids is 2. The molecular formula is C17H16N6O2S. The molecule has 2 fully saturated rings. The number of hydrogen-bond donors (Lipinski definition) is 1. The molecule has 4 heterocycles. The molecule has 0 saturated carbocycles. The van der Waals surface area contributed by atoms with Crippen LogP contribution in [0.2, 0.25) is 0 Å². The van der Waals surface area contributed by atoms with Crippen LogP contribution in [0.5, 0.6) is 0 Å². The Morgan fingerprint density at radius 3 is 2.42 bits per heavy atom. The Balaban J connectivity index is 1.45. The second kappa shape index (κ2) is 7.12. The van der Waals surface area contributed by atoms with Gasteiger partial charge in [0.2, 0.25) is 5.95 Å². The minimum absolute atomic E-state index is 0.349. The number of pyridine rings is 1. The topological polar surface area (TPSA) is 91.3 Å². The van der Waals surface area contributed by atoms with Crippen molar-refractivity contribution < 1.29 is 9.59 Å². The van der Waals surface area contributed by atoms with Gasteiger partial charge in [0.25, 0.3) is 11.1 Å². The van der Waals surface area contributed by atoms with Crippen LogP contribution in [0.3, 0.4) is 0 Å². The summed E-state index contributed by atoms with van der Waals surface area (Å²) in [6, 6.07) is 5.73. The molecule has 0 radical (unpaired) electrons. The van der Waals surface area contributed by atoms with E-state index in [-0.39, 0.29) is 11.1 Å². The van der Waals surface area contributed by atoms with Gasteiger partial charge in [-0.05, 0) is 36.0 Å². The third-order valence-corrected chi connectivity index (χ3v) is 4.99. The van der Waals surface area contributed by atoms with Crippen molar-refractivity contribution in [3.05, 3.63) is 47.4 Å². The van der Waals surface area contributed by atoms with Crippen molar-refractivity contribution in [2.24, 2.45) is 0 Å². The maximum atomic E-state index is 11.7. The molecule has 2 amide bonds. The number of imide groups is 1. The maximum Gasteiger partial charge on any atom is 0.290 e. The lowest BCUT2D eigenvalue weighted by Crippen LogP contribution is -2.47. The molecule has 132 valence electrons. The molecule has 0 unspecified atom stereocenters. The van der Waals surface area contributed by atoms with Crippen LogP contribution < -0.4 is 15.1 Å². The number of anilines is 2. The minimum atomic E-state index is -0.383. The first-order valence-corrected chi connectivity index (χ1v) is 8.98. The van der Waals surface area contributed by atoms with E-state index in [0.29, 0.717) is 16.5 Å². The highest BCUT2D eigenvalue weighted by atomic mass is 32.2. The van der Waals surface area contributed by atoms with Gasteiger partial charge in [0.05, 0.1) is 10.6 Å². The van der Waals surface area contributed by atoms with Crippen molar-refractivity contribution in [2.45, 2.75) is 0 Å². The van der Waals surface area contributed by atoms with E-state index < -0.39 is 0 Å². The van der Waals surface area contributed by atoms with Crippen molar-refractivity contribution >= 4 is 40.6 Å². The molecule has 0 aromatic carbocycles. The zero-order chi connectivity index (χ0) is 17.9. The monoisotopic (exact) mass is 368 g/mol. The highest BCUT2D eigenvalue weighted by Gasteiger charge is 2.25. The molecular weight excluding hydrogens is 352 g/mol. The second-order valence-corrected chi connectivity index (χ2v) is 6.83. The summed E-state index contributed by atoms with van der Waals surface area (Å²) >= 11 is 0.884. The third kappa shape index (κ3) is 3.52. The summed E-state index contributed by atoms with van der Waals surface area (Å²) in [5.74, 6) is 0.245. The number of nitrogens with zero attached hydrogens (tertiary/aromatic N) is 5. The van der Waals surface area contributed by atoms with Crippen molar-refractivity contribution in [3.63, 3.8) is 0 Å². The molecule has 8 nitrogen and oxygen atoms in total. The molecule has 0 aliphatic carbocycles. The number of thioether (sulfide) groups is 1. The van der Waals surface area contributed by atoms with E-state index >= 15 is 0 Å². The van der Waals surface area contributed by atoms with Gasteiger partial charge in [0, 0.05) is 50.5 Å². The van der Waals surface area contributed by atoms with Crippen LogP contribution in [0.15, 0.2) is 41.7 Å². The Labute approximate surface area is 154 Å². The highest BCUT2D eigenvalue weighted by molar-refractivity contribution is 8.18. The number of aromatic nitrogens is 3. The van der Waals surface area contributed by atoms with Crippen LogP contribution >= 0.6 is 11.8 Å². The molecule has 2 aromatic heterocycles. The normalized spacial score (nSPS) is 19.2. The predicted molar refractivity (Wildman–Crippen MR) is 99.8 cm³/mol. The molecule has 2 aliphatic rings. The first-order chi connectivity index (χ1) is 12.7. The third-order valence-electron chi connectivity index (χ3n) is 4.18. The average Bonchev–Trinajstić information content (AvgIpc) is 3.00. The quantitative estimate of drug-likeness (QED) is 0.816. The van der Waals surface area contributed by atoms with Crippen molar-refractivity contribution in [1.82, 2.24) is 20.3 Å². The zero-order valence-electron chi connectivity index (χ0n) is 13.8. The van der Waals surface area contributed by atoms with E-state index in [9.17, 15) is 9.59 Å². The van der Waals surface area contributed by atoms with Gasteiger partial charge in [0.15, 0.2) is 0 Å². The van der Waals surface area contributed by atoms with E-state index in [4.69, 9.17) is 0 Å². The van der Waals surface area contributed by atoms with Gasteiger partial charge >= 0.3 is 0 Å². The highest BCUT2D eigenvalue weighted by Crippen LogP contribution is 2.25. The van der Waals surface area contributed by atoms with Crippen LogP contribution in [0.1, 0.15) is 5.69 Å². The largest absolute Gasteiger partial charge is 0.368 e. The Hall–Kier alpha value is -2.94. The van der Waals surface area contributed by atoms with E-state index in [1.165, 1.54) is 0 Å². The van der Waals surface area contributed by atoms with Crippen LogP contribution in [-0.2, 0) is 4.79 Å². The first kappa shape index (κ1) is 16.5. The summed E-state index contributed by atoms with van der Waals surface area (Å²) < 4.78 is 0. The van der Waals surface area contributed by atoms with Crippen molar-refractivity contribution in [1.29, 1.82) is 0 Å². The molecule has 2 aliphatic heterocycles. The summed E-state index contributed by atoms with van der Waals surface area (Å²) in [6.07, 6.45) is 6.88. The van der Waals surface area contributed by atoms with E-state index in [1.807, 2.05) is 12.1 Å². The number of nitrogens with one attached hydrogen (secondary N) is 1. The maximum absolute atomic E-state index is 11.7. The van der Waals surface area contributed by atoms with Gasteiger partial charge in [-0.15, -0.1) is 0 Å². The van der Waals surface area contributed by atoms with Crippen molar-refractivity contribution in [3.8, 4) is 0 Å². The molecule has 9 heteroatoms. The fourth-order valence-corrected chi connectivity index (χ4v) is 3.54. The second-order valence-electron chi connectivity index (χ2n) is 5.81. The van der Waals surface area contributed by atoms with Gasteiger partial charge in [-0.2, -0.15) is 0 Å². The molecule has 26 heavy (non-hydrogen) atoms. The molecule has 0 spiro atoms. The number of rotatable bonds is 3. The molecule has 0 atom stereocenters. The summed E-state index contributed by atoms with van der Waals surface area (Å²) in [7, 11) is 0. The van der Waals surface area contributed by atoms with Crippen LogP contribution in [-0.4, -0.2) is 52.3 Å². The Morgan fingerprint density at radius 1 is 1.00 bits per heavy atom. The van der Waals surface area contributed by atoms with Crippen LogP contribution in [0.4, 0.5) is 16.4 Å². The lowest BCUT2D eigenvalue weighted by Gasteiger charge is -2.36. The van der Waals surface area contributed by atoms with Gasteiger partial charge in [-0.25, -0.2) is 9.97 Å². The fourth-order valence-electron chi connectivity index (χ4n) is 2.87. The van der Waals surface area contributed by atoms with E-state index in [1.54, 1.807) is 30.7 Å². The Morgan fingerprint density at radius 2 is 1.73 bits per heavy atom. The molecule has 2 saturated heterocycles. The first-order valence-electron chi connectivity index (χ1n) is 8.17. The number of piperazine rings is 1. The van der Waals surface area contributed by atoms with Gasteiger partial charge in [0.1, 0.15) is 0 Å². The van der Waals surface area contributed by atoms with Gasteiger partial charge in [-0.1, -0.05) is 0 Å². The lowest BCUT2D eigenvalue weighted by atomic mass is 10.2. The molecule has 4 rings (SSSR count). The van der Waals surface area contributed by atoms with E-state index in [2.05, 4.69) is 30.1 Å². The van der Waals surface area contributed by atoms with Crippen LogP contribution in [0.25, 0.3) is 6.08 Å². The Bertz CT molecular complexity index is 865. The lowest BCUT2D eigenvalue weighted by molar-refractivity contribution is -0.115. The molecule has 2 aromatic rings. The standard InChI is InChI=1S/C17H16N6O2S/c24-15-14(26-17(25)21-15)11-12-1-6-19-16(20-12)23-9-7-22(8-10-23)13-2-4-18-5-3-13/h1-6,11H,7-10H2,(H,21,24,25). The number of hydrogen-bond acceptors (Lipinski definition) is 8. The van der Waals surface area contributed by atoms with Crippen LogP contribution in [0, 0.1) is 0 Å². The smallest absolute Gasteiger partial charge is 0.290 e. The SMILES string of the molecule is O=C1NC(=O)C(=Cc2ccnc(N3CCN(c4ccncc4)CC3)n2)S1. The summed E-state index contributed by atoms with van der Waals surface area (Å²) in [5.41, 5.74) is 1.77.